The van der Waals surface area contributed by atoms with Gasteiger partial charge in [-0.1, -0.05) is 24.6 Å². The van der Waals surface area contributed by atoms with E-state index in [1.54, 1.807) is 12.4 Å². The number of carbonyl (C=O) groups is 1. The number of nitrogens with two attached hydrogens (primary N) is 1. The van der Waals surface area contributed by atoms with Crippen molar-refractivity contribution >= 4 is 23.4 Å². The van der Waals surface area contributed by atoms with Crippen LogP contribution in [-0.2, 0) is 11.4 Å². The van der Waals surface area contributed by atoms with Gasteiger partial charge >= 0.3 is 6.03 Å². The quantitative estimate of drug-likeness (QED) is 0.622. The van der Waals surface area contributed by atoms with Gasteiger partial charge in [-0.3, -0.25) is 4.84 Å². The lowest BCUT2D eigenvalue weighted by Crippen LogP contribution is -2.62. The van der Waals surface area contributed by atoms with Gasteiger partial charge < -0.3 is 20.0 Å². The van der Waals surface area contributed by atoms with Crippen LogP contribution in [0.2, 0.25) is 5.02 Å². The molecule has 9 nitrogen and oxygen atoms in total. The number of urea groups is 1. The van der Waals surface area contributed by atoms with E-state index in [9.17, 15) is 9.18 Å². The maximum absolute atomic E-state index is 14.0. The molecule has 34 heavy (non-hydrogen) atoms. The standard InChI is InChI=1S/C23H29ClFN7O2/c1-14-8-19(34-26)21-20(14)22(29-13-28-21)30-4-6-31(7-5-30)23(33)32(16-10-27-11-16)12-15-2-3-17(24)18(25)9-15/h2-3,9,13-14,16,19,27H,4-8,10-12,26H2,1H3/t14-,19-/m1/s1. The van der Waals surface area contributed by atoms with Gasteiger partial charge in [0.15, 0.2) is 0 Å². The van der Waals surface area contributed by atoms with E-state index in [1.165, 1.54) is 12.1 Å². The zero-order valence-electron chi connectivity index (χ0n) is 19.1. The fourth-order valence-corrected chi connectivity index (χ4v) is 5.14. The Kier molecular flexibility index (Phi) is 6.57. The molecule has 2 aliphatic heterocycles. The summed E-state index contributed by atoms with van der Waals surface area (Å²) in [6, 6.07) is 4.77. The van der Waals surface area contributed by atoms with Gasteiger partial charge in [0.1, 0.15) is 24.1 Å². The minimum Gasteiger partial charge on any atom is -0.353 e. The van der Waals surface area contributed by atoms with Crippen molar-refractivity contribution in [3.63, 3.8) is 0 Å². The average Bonchev–Trinajstić information content (AvgIpc) is 3.15. The first-order valence-corrected chi connectivity index (χ1v) is 12.0. The van der Waals surface area contributed by atoms with Crippen LogP contribution < -0.4 is 16.1 Å². The number of nitrogens with zero attached hydrogens (tertiary/aromatic N) is 5. The van der Waals surface area contributed by atoms with Crippen molar-refractivity contribution in [2.45, 2.75) is 38.0 Å². The highest BCUT2D eigenvalue weighted by atomic mass is 35.5. The van der Waals surface area contributed by atoms with Crippen LogP contribution in [0.3, 0.4) is 0 Å². The molecule has 0 saturated carbocycles. The van der Waals surface area contributed by atoms with E-state index < -0.39 is 5.82 Å². The molecule has 3 heterocycles. The molecule has 1 aliphatic carbocycles. The van der Waals surface area contributed by atoms with Gasteiger partial charge in [-0.25, -0.2) is 25.0 Å². The summed E-state index contributed by atoms with van der Waals surface area (Å²) in [5, 5.41) is 3.30. The SMILES string of the molecule is C[C@@H]1C[C@@H](ON)c2ncnc(N3CCN(C(=O)N(Cc4ccc(Cl)c(F)c4)C4CNC4)CC3)c21. The van der Waals surface area contributed by atoms with Gasteiger partial charge in [0.25, 0.3) is 0 Å². The number of nitrogens with one attached hydrogen (secondary N) is 1. The second-order valence-electron chi connectivity index (χ2n) is 9.20. The number of halogens is 2. The largest absolute Gasteiger partial charge is 0.353 e. The Bertz CT molecular complexity index is 1060. The molecule has 2 fully saturated rings. The molecule has 0 spiro atoms. The zero-order valence-corrected chi connectivity index (χ0v) is 19.8. The van der Waals surface area contributed by atoms with Gasteiger partial charge in [-0.2, -0.15) is 0 Å². The van der Waals surface area contributed by atoms with E-state index in [4.69, 9.17) is 22.3 Å². The predicted octanol–water partition coefficient (Wildman–Crippen LogP) is 2.42. The van der Waals surface area contributed by atoms with Crippen molar-refractivity contribution in [2.24, 2.45) is 5.90 Å². The van der Waals surface area contributed by atoms with Gasteiger partial charge in [-0.05, 0) is 30.0 Å². The van der Waals surface area contributed by atoms with Crippen molar-refractivity contribution in [1.82, 2.24) is 25.1 Å². The number of piperazine rings is 1. The third-order valence-electron chi connectivity index (χ3n) is 7.06. The smallest absolute Gasteiger partial charge is 0.320 e. The minimum absolute atomic E-state index is 0.0283. The third kappa shape index (κ3) is 4.31. The molecule has 2 aromatic rings. The van der Waals surface area contributed by atoms with Crippen LogP contribution in [-0.4, -0.2) is 71.1 Å². The van der Waals surface area contributed by atoms with E-state index in [0.29, 0.717) is 32.7 Å². The first-order chi connectivity index (χ1) is 16.5. The first kappa shape index (κ1) is 23.2. The Morgan fingerprint density at radius 1 is 1.29 bits per heavy atom. The molecule has 0 unspecified atom stereocenters. The number of anilines is 1. The molecule has 1 aromatic heterocycles. The normalized spacial score (nSPS) is 22.5. The molecule has 2 atom stereocenters. The van der Waals surface area contributed by atoms with Crippen LogP contribution in [0.25, 0.3) is 0 Å². The molecule has 3 N–H and O–H groups in total. The Morgan fingerprint density at radius 3 is 2.71 bits per heavy atom. The van der Waals surface area contributed by atoms with Crippen LogP contribution in [0.5, 0.6) is 0 Å². The minimum atomic E-state index is -0.471. The van der Waals surface area contributed by atoms with Gasteiger partial charge in [-0.15, -0.1) is 0 Å². The average molecular weight is 490 g/mol. The Hall–Kier alpha value is -2.53. The maximum atomic E-state index is 14.0. The van der Waals surface area contributed by atoms with Crippen LogP contribution >= 0.6 is 11.6 Å². The van der Waals surface area contributed by atoms with E-state index >= 15 is 0 Å². The maximum Gasteiger partial charge on any atom is 0.320 e. The molecule has 3 aliphatic rings. The second kappa shape index (κ2) is 9.61. The topological polar surface area (TPSA) is 99.8 Å². The summed E-state index contributed by atoms with van der Waals surface area (Å²) >= 11 is 5.83. The Morgan fingerprint density at radius 2 is 2.06 bits per heavy atom. The van der Waals surface area contributed by atoms with Crippen LogP contribution in [0.15, 0.2) is 24.5 Å². The monoisotopic (exact) mass is 489 g/mol. The van der Waals surface area contributed by atoms with E-state index in [1.807, 2.05) is 9.80 Å². The molecule has 2 amide bonds. The number of benzene rings is 1. The van der Waals surface area contributed by atoms with Gasteiger partial charge in [0, 0.05) is 51.4 Å². The molecule has 182 valence electrons. The van der Waals surface area contributed by atoms with Crippen molar-refractivity contribution in [2.75, 3.05) is 44.2 Å². The van der Waals surface area contributed by atoms with Gasteiger partial charge in [0.05, 0.1) is 16.8 Å². The highest BCUT2D eigenvalue weighted by Gasteiger charge is 2.37. The number of hydrogen-bond acceptors (Lipinski definition) is 7. The Balaban J connectivity index is 1.28. The fourth-order valence-electron chi connectivity index (χ4n) is 5.02. The summed E-state index contributed by atoms with van der Waals surface area (Å²) in [6.45, 7) is 6.44. The zero-order chi connectivity index (χ0) is 23.8. The number of amides is 2. The lowest BCUT2D eigenvalue weighted by molar-refractivity contribution is 0.0488. The van der Waals surface area contributed by atoms with Crippen molar-refractivity contribution in [3.8, 4) is 0 Å². The highest BCUT2D eigenvalue weighted by Crippen LogP contribution is 2.44. The molecular weight excluding hydrogens is 461 g/mol. The number of hydrogen-bond donors (Lipinski definition) is 2. The first-order valence-electron chi connectivity index (χ1n) is 11.6. The van der Waals surface area contributed by atoms with Crippen molar-refractivity contribution in [1.29, 1.82) is 0 Å². The predicted molar refractivity (Wildman–Crippen MR) is 126 cm³/mol. The number of carbonyl (C=O) groups excluding carboxylic acids is 1. The summed E-state index contributed by atoms with van der Waals surface area (Å²) in [4.78, 5) is 33.5. The molecule has 5 rings (SSSR count). The van der Waals surface area contributed by atoms with E-state index in [0.717, 1.165) is 42.1 Å². The molecule has 0 radical (unpaired) electrons. The molecular formula is C23H29ClFN7O2. The fraction of sp³-hybridized carbons (Fsp3) is 0.522. The van der Waals surface area contributed by atoms with Crippen molar-refractivity contribution < 1.29 is 14.0 Å². The third-order valence-corrected chi connectivity index (χ3v) is 7.36. The van der Waals surface area contributed by atoms with Crippen LogP contribution in [0.1, 0.15) is 42.2 Å². The summed E-state index contributed by atoms with van der Waals surface area (Å²) in [6.07, 6.45) is 2.13. The lowest BCUT2D eigenvalue weighted by Gasteiger charge is -2.43. The number of rotatable bonds is 5. The summed E-state index contributed by atoms with van der Waals surface area (Å²) in [5.74, 6) is 6.16. The van der Waals surface area contributed by atoms with E-state index in [-0.39, 0.29) is 29.1 Å². The van der Waals surface area contributed by atoms with Gasteiger partial charge in [0.2, 0.25) is 0 Å². The summed E-state index contributed by atoms with van der Waals surface area (Å²) < 4.78 is 14.0. The molecule has 0 bridgehead atoms. The molecule has 2 saturated heterocycles. The summed E-state index contributed by atoms with van der Waals surface area (Å²) in [7, 11) is 0. The van der Waals surface area contributed by atoms with Crippen LogP contribution in [0.4, 0.5) is 15.0 Å². The lowest BCUT2D eigenvalue weighted by atomic mass is 10.1. The van der Waals surface area contributed by atoms with Crippen molar-refractivity contribution in [3.05, 3.63) is 52.2 Å². The molecule has 1 aromatic carbocycles. The number of aromatic nitrogens is 2. The summed E-state index contributed by atoms with van der Waals surface area (Å²) in [5.41, 5.74) is 2.67. The number of fused-ring (bicyclic) bond motifs is 1. The van der Waals surface area contributed by atoms with E-state index in [2.05, 4.69) is 27.1 Å². The molecule has 11 heteroatoms. The van der Waals surface area contributed by atoms with Crippen LogP contribution in [0, 0.1) is 5.82 Å². The highest BCUT2D eigenvalue weighted by molar-refractivity contribution is 6.30. The second-order valence-corrected chi connectivity index (χ2v) is 9.61. The Labute approximate surface area is 203 Å².